The number of carbonyl (C=O) groups excluding carboxylic acids is 2. The molecule has 2 saturated carbocycles. The summed E-state index contributed by atoms with van der Waals surface area (Å²) in [7, 11) is 3.25. The maximum absolute atomic E-state index is 16.0. The minimum atomic E-state index is -3.15. The topological polar surface area (TPSA) is 160 Å². The lowest BCUT2D eigenvalue weighted by atomic mass is 9.67. The third-order valence-corrected chi connectivity index (χ3v) is 13.2. The average molecular weight is 831 g/mol. The number of pyridine rings is 1. The molecule has 3 aromatic heterocycles. The summed E-state index contributed by atoms with van der Waals surface area (Å²) >= 11 is 6.60. The van der Waals surface area contributed by atoms with E-state index in [4.69, 9.17) is 21.3 Å². The fourth-order valence-corrected chi connectivity index (χ4v) is 9.65. The first-order chi connectivity index (χ1) is 28.3. The van der Waals surface area contributed by atoms with E-state index >= 15 is 13.2 Å². The van der Waals surface area contributed by atoms with Gasteiger partial charge in [-0.3, -0.25) is 24.4 Å². The molecule has 2 aromatic carbocycles. The maximum Gasteiger partial charge on any atom is 0.301 e. The molecular formula is C41H42ClF3N10O4. The number of nitrogens with zero attached hydrogens (tertiary/aromatic N) is 6. The van der Waals surface area contributed by atoms with Crippen LogP contribution in [0.25, 0.3) is 21.8 Å². The van der Waals surface area contributed by atoms with Crippen LogP contribution in [0.3, 0.4) is 0 Å². The predicted octanol–water partition coefficient (Wildman–Crippen LogP) is 6.35. The number of piperidine rings is 1. The Hall–Kier alpha value is -5.58. The minimum Gasteiger partial charge on any atom is -0.480 e. The van der Waals surface area contributed by atoms with Crippen LogP contribution in [0, 0.1) is 17.2 Å². The molecule has 14 nitrogen and oxygen atoms in total. The zero-order valence-electron chi connectivity index (χ0n) is 32.4. The molecule has 2 amide bonds. The molecule has 2 aliphatic carbocycles. The number of alkyl halides is 2. The zero-order valence-corrected chi connectivity index (χ0v) is 33.1. The van der Waals surface area contributed by atoms with Crippen molar-refractivity contribution in [2.75, 3.05) is 40.5 Å². The standard InChI is InChI=1S/C41H42ClF3N10O4/c1-53-28-9-5-22(15-25(28)32-34(38(53)58)59-19-41(44,45)35(50-32)20-3-4-20)48-36-26(42)16-46-39(51-36)55-17-40(18-55)13-11-21(12-14-40)47-27-8-6-23-31(52-54(2)33(23)30(27)43)24-7-10-29(56)49-37(24)57/h5-6,8-9,15-16,20-21,24,35,47,50H,3-4,7,10-14,17-19H2,1-2H3,(H,46,48,51)(H,49,56,57). The second kappa shape index (κ2) is 13.7. The number of imide groups is 1. The number of fused-ring (bicyclic) bond motifs is 4. The van der Waals surface area contributed by atoms with E-state index in [9.17, 15) is 14.4 Å². The van der Waals surface area contributed by atoms with E-state index in [0.29, 0.717) is 74.9 Å². The number of rotatable bonds is 7. The van der Waals surface area contributed by atoms with Gasteiger partial charge in [0.2, 0.25) is 23.5 Å². The van der Waals surface area contributed by atoms with E-state index in [1.165, 1.54) is 9.25 Å². The van der Waals surface area contributed by atoms with Gasteiger partial charge in [0.25, 0.3) is 5.56 Å². The lowest BCUT2D eigenvalue weighted by Gasteiger charge is -2.53. The van der Waals surface area contributed by atoms with Gasteiger partial charge >= 0.3 is 5.92 Å². The second-order valence-corrected chi connectivity index (χ2v) is 17.3. The molecular weight excluding hydrogens is 789 g/mol. The summed E-state index contributed by atoms with van der Waals surface area (Å²) in [5.74, 6) is -4.32. The van der Waals surface area contributed by atoms with E-state index in [0.717, 1.165) is 38.8 Å². The number of benzene rings is 2. The maximum atomic E-state index is 16.0. The monoisotopic (exact) mass is 830 g/mol. The Morgan fingerprint density at radius 3 is 2.53 bits per heavy atom. The van der Waals surface area contributed by atoms with Crippen molar-refractivity contribution < 1.29 is 27.5 Å². The molecule has 5 aromatic rings. The number of amides is 2. The van der Waals surface area contributed by atoms with Crippen LogP contribution in [0.2, 0.25) is 5.02 Å². The van der Waals surface area contributed by atoms with Crippen LogP contribution in [0.15, 0.2) is 41.3 Å². The normalized spacial score (nSPS) is 22.6. The van der Waals surface area contributed by atoms with E-state index in [-0.39, 0.29) is 41.1 Å². The third kappa shape index (κ3) is 6.48. The summed E-state index contributed by atoms with van der Waals surface area (Å²) in [5.41, 5.74) is 2.16. The molecule has 4 N–H and O–H groups in total. The average Bonchev–Trinajstić information content (AvgIpc) is 3.99. The molecule has 1 spiro atoms. The highest BCUT2D eigenvalue weighted by molar-refractivity contribution is 6.33. The lowest BCUT2D eigenvalue weighted by Crippen LogP contribution is -2.59. The number of halogens is 4. The number of nitrogens with one attached hydrogen (secondary N) is 4. The van der Waals surface area contributed by atoms with Crippen LogP contribution in [-0.4, -0.2) is 73.8 Å². The van der Waals surface area contributed by atoms with Gasteiger partial charge in [-0.05, 0) is 81.2 Å². The Balaban J connectivity index is 0.809. The van der Waals surface area contributed by atoms with Crippen LogP contribution in [0.4, 0.5) is 42.0 Å². The minimum absolute atomic E-state index is 0.0734. The highest BCUT2D eigenvalue weighted by atomic mass is 35.5. The van der Waals surface area contributed by atoms with Gasteiger partial charge in [-0.25, -0.2) is 18.2 Å². The first kappa shape index (κ1) is 37.7. The number of ether oxygens (including phenoxy) is 1. The molecule has 5 aliphatic rings. The Morgan fingerprint density at radius 1 is 1.00 bits per heavy atom. The summed E-state index contributed by atoms with van der Waals surface area (Å²) < 4.78 is 54.6. The number of aromatic nitrogens is 5. The number of anilines is 5. The molecule has 59 heavy (non-hydrogen) atoms. The quantitative estimate of drug-likeness (QED) is 0.135. The summed E-state index contributed by atoms with van der Waals surface area (Å²) in [4.78, 5) is 48.9. The van der Waals surface area contributed by atoms with Crippen molar-refractivity contribution in [2.45, 2.75) is 75.3 Å². The van der Waals surface area contributed by atoms with E-state index in [1.54, 1.807) is 50.6 Å². The molecule has 18 heteroatoms. The van der Waals surface area contributed by atoms with Crippen molar-refractivity contribution in [3.8, 4) is 5.75 Å². The van der Waals surface area contributed by atoms with Crippen molar-refractivity contribution in [1.29, 1.82) is 0 Å². The van der Waals surface area contributed by atoms with Crippen LogP contribution in [0.5, 0.6) is 5.75 Å². The van der Waals surface area contributed by atoms with Gasteiger partial charge in [-0.1, -0.05) is 11.6 Å². The summed E-state index contributed by atoms with van der Waals surface area (Å²) in [6.07, 6.45) is 7.05. The summed E-state index contributed by atoms with van der Waals surface area (Å²) in [5, 5.41) is 18.0. The SMILES string of the molecule is Cn1nc(C2CCC(=O)NC2=O)c2ccc(NC3CCC4(CC3)CN(c3ncc(Cl)c(Nc5ccc6c(c5)c5c(c(=O)n6C)OCC(F)(F)C(C6CC6)N5)n3)C4)c(F)c21. The molecule has 10 rings (SSSR count). The molecule has 308 valence electrons. The van der Waals surface area contributed by atoms with Crippen molar-refractivity contribution >= 4 is 74.0 Å². The summed E-state index contributed by atoms with van der Waals surface area (Å²) in [6, 6.07) is 7.75. The predicted molar refractivity (Wildman–Crippen MR) is 216 cm³/mol. The van der Waals surface area contributed by atoms with Gasteiger partial charge in [0.1, 0.15) is 10.5 Å². The highest BCUT2D eigenvalue weighted by Crippen LogP contribution is 2.48. The molecule has 3 aliphatic heterocycles. The molecule has 6 heterocycles. The molecule has 2 unspecified atom stereocenters. The Kier molecular flexibility index (Phi) is 8.78. The van der Waals surface area contributed by atoms with E-state index in [1.807, 2.05) is 0 Å². The van der Waals surface area contributed by atoms with Crippen molar-refractivity contribution in [1.82, 2.24) is 29.6 Å². The fourth-order valence-electron chi connectivity index (χ4n) is 9.51. The number of hydrogen-bond acceptors (Lipinski definition) is 11. The first-order valence-electron chi connectivity index (χ1n) is 20.0. The number of aryl methyl sites for hydroxylation is 2. The molecule has 4 fully saturated rings. The van der Waals surface area contributed by atoms with Gasteiger partial charge < -0.3 is 30.2 Å². The fraction of sp³-hybridized carbons (Fsp3) is 0.463. The van der Waals surface area contributed by atoms with Gasteiger partial charge in [-0.2, -0.15) is 10.1 Å². The van der Waals surface area contributed by atoms with Crippen molar-refractivity contribution in [2.24, 2.45) is 25.4 Å². The number of hydrogen-bond donors (Lipinski definition) is 4. The van der Waals surface area contributed by atoms with E-state index in [2.05, 4.69) is 36.2 Å². The van der Waals surface area contributed by atoms with Gasteiger partial charge in [0, 0.05) is 61.5 Å². The molecule has 0 bridgehead atoms. The second-order valence-electron chi connectivity index (χ2n) is 16.9. The number of carbonyl (C=O) groups is 2. The summed E-state index contributed by atoms with van der Waals surface area (Å²) in [6.45, 7) is 0.643. The first-order valence-corrected chi connectivity index (χ1v) is 20.4. The van der Waals surface area contributed by atoms with Gasteiger partial charge in [0.05, 0.1) is 40.7 Å². The highest BCUT2D eigenvalue weighted by Gasteiger charge is 2.51. The van der Waals surface area contributed by atoms with E-state index < -0.39 is 41.8 Å². The molecule has 2 saturated heterocycles. The van der Waals surface area contributed by atoms with Gasteiger partial charge in [-0.15, -0.1) is 0 Å². The van der Waals surface area contributed by atoms with Gasteiger partial charge in [0.15, 0.2) is 18.2 Å². The van der Waals surface area contributed by atoms with Crippen molar-refractivity contribution in [3.05, 3.63) is 63.4 Å². The lowest BCUT2D eigenvalue weighted by molar-refractivity contribution is -0.134. The zero-order chi connectivity index (χ0) is 41.0. The Bertz CT molecular complexity index is 2630. The molecule has 2 atom stereocenters. The molecule has 0 radical (unpaired) electrons. The Labute approximate surface area is 340 Å². The van der Waals surface area contributed by atoms with Crippen LogP contribution in [0.1, 0.15) is 63.0 Å². The smallest absolute Gasteiger partial charge is 0.301 e. The van der Waals surface area contributed by atoms with Crippen LogP contribution >= 0.6 is 11.6 Å². The van der Waals surface area contributed by atoms with Crippen LogP contribution < -0.4 is 36.5 Å². The Morgan fingerprint density at radius 2 is 1.78 bits per heavy atom. The largest absolute Gasteiger partial charge is 0.480 e. The van der Waals surface area contributed by atoms with Crippen molar-refractivity contribution in [3.63, 3.8) is 0 Å². The van der Waals surface area contributed by atoms with Crippen LogP contribution in [-0.2, 0) is 23.7 Å². The third-order valence-electron chi connectivity index (χ3n) is 12.9.